The quantitative estimate of drug-likeness (QED) is 0.487. The van der Waals surface area contributed by atoms with Gasteiger partial charge in [0.2, 0.25) is 5.91 Å². The fourth-order valence-electron chi connectivity index (χ4n) is 2.72. The van der Waals surface area contributed by atoms with E-state index in [0.717, 1.165) is 11.3 Å². The highest BCUT2D eigenvalue weighted by Crippen LogP contribution is 2.28. The molecule has 4 rings (SSSR count). The second-order valence-electron chi connectivity index (χ2n) is 6.06. The van der Waals surface area contributed by atoms with Crippen molar-refractivity contribution in [2.45, 2.75) is 5.16 Å². The van der Waals surface area contributed by atoms with Crippen LogP contribution in [-0.4, -0.2) is 31.4 Å². The molecule has 29 heavy (non-hydrogen) atoms. The fourth-order valence-corrected chi connectivity index (χ4v) is 3.47. The molecule has 0 saturated carbocycles. The lowest BCUT2D eigenvalue weighted by atomic mass is 10.2. The van der Waals surface area contributed by atoms with E-state index in [9.17, 15) is 9.18 Å². The maximum Gasteiger partial charge on any atom is 0.234 e. The zero-order valence-electron chi connectivity index (χ0n) is 15.2. The number of halogens is 1. The summed E-state index contributed by atoms with van der Waals surface area (Å²) in [5.74, 6) is 0.263. The molecule has 0 spiro atoms. The second-order valence-corrected chi connectivity index (χ2v) is 7.00. The predicted octanol–water partition coefficient (Wildman–Crippen LogP) is 4.20. The van der Waals surface area contributed by atoms with Crippen LogP contribution in [0.5, 0.6) is 0 Å². The SMILES string of the molecule is O=C(CSc1nnc(-c2ccncc2)n1-c1ccc(F)cc1)Nc1ccccc1. The van der Waals surface area contributed by atoms with Crippen LogP contribution >= 0.6 is 11.8 Å². The van der Waals surface area contributed by atoms with E-state index in [-0.39, 0.29) is 17.5 Å². The molecule has 2 aromatic heterocycles. The molecule has 0 atom stereocenters. The number of thioether (sulfide) groups is 1. The molecule has 8 heteroatoms. The molecule has 0 fully saturated rings. The molecule has 0 radical (unpaired) electrons. The Hall–Kier alpha value is -3.52. The molecule has 144 valence electrons. The van der Waals surface area contributed by atoms with E-state index in [1.165, 1.54) is 23.9 Å². The third-order valence-electron chi connectivity index (χ3n) is 4.05. The maximum atomic E-state index is 13.4. The number of carbonyl (C=O) groups excluding carboxylic acids is 1. The summed E-state index contributed by atoms with van der Waals surface area (Å²) in [5, 5.41) is 11.9. The molecule has 0 aliphatic heterocycles. The van der Waals surface area contributed by atoms with Crippen molar-refractivity contribution in [2.24, 2.45) is 0 Å². The van der Waals surface area contributed by atoms with Crippen molar-refractivity contribution >= 4 is 23.4 Å². The van der Waals surface area contributed by atoms with Crippen molar-refractivity contribution in [1.29, 1.82) is 0 Å². The molecule has 1 N–H and O–H groups in total. The van der Waals surface area contributed by atoms with Gasteiger partial charge in [-0.2, -0.15) is 0 Å². The first-order chi connectivity index (χ1) is 14.2. The number of benzene rings is 2. The van der Waals surface area contributed by atoms with Gasteiger partial charge in [-0.25, -0.2) is 4.39 Å². The highest BCUT2D eigenvalue weighted by molar-refractivity contribution is 7.99. The summed E-state index contributed by atoms with van der Waals surface area (Å²) in [4.78, 5) is 16.3. The number of carbonyl (C=O) groups is 1. The summed E-state index contributed by atoms with van der Waals surface area (Å²) in [5.41, 5.74) is 2.25. The van der Waals surface area contributed by atoms with Gasteiger partial charge in [0, 0.05) is 29.3 Å². The number of nitrogens with zero attached hydrogens (tertiary/aromatic N) is 4. The van der Waals surface area contributed by atoms with Crippen LogP contribution < -0.4 is 5.32 Å². The van der Waals surface area contributed by atoms with E-state index in [1.807, 2.05) is 42.5 Å². The summed E-state index contributed by atoms with van der Waals surface area (Å²) in [6, 6.07) is 18.9. The highest BCUT2D eigenvalue weighted by Gasteiger charge is 2.17. The van der Waals surface area contributed by atoms with Gasteiger partial charge in [-0.1, -0.05) is 30.0 Å². The Kier molecular flexibility index (Phi) is 5.62. The number of hydrogen-bond acceptors (Lipinski definition) is 5. The van der Waals surface area contributed by atoms with Crippen LogP contribution in [0.4, 0.5) is 10.1 Å². The van der Waals surface area contributed by atoms with Crippen LogP contribution in [-0.2, 0) is 4.79 Å². The summed E-state index contributed by atoms with van der Waals surface area (Å²) in [6.07, 6.45) is 3.33. The first-order valence-corrected chi connectivity index (χ1v) is 9.79. The molecular formula is C21H16FN5OS. The minimum absolute atomic E-state index is 0.152. The third kappa shape index (κ3) is 4.49. The molecule has 0 unspecified atom stereocenters. The van der Waals surface area contributed by atoms with Gasteiger partial charge in [0.15, 0.2) is 11.0 Å². The van der Waals surface area contributed by atoms with Crippen LogP contribution in [0.2, 0.25) is 0 Å². The summed E-state index contributed by atoms with van der Waals surface area (Å²) < 4.78 is 15.2. The molecule has 0 bridgehead atoms. The zero-order valence-corrected chi connectivity index (χ0v) is 16.0. The number of para-hydroxylation sites is 1. The van der Waals surface area contributed by atoms with E-state index in [0.29, 0.717) is 16.7 Å². The zero-order chi connectivity index (χ0) is 20.1. The highest BCUT2D eigenvalue weighted by atomic mass is 32.2. The van der Waals surface area contributed by atoms with Crippen LogP contribution in [0.15, 0.2) is 84.3 Å². The summed E-state index contributed by atoms with van der Waals surface area (Å²) >= 11 is 1.26. The summed E-state index contributed by atoms with van der Waals surface area (Å²) in [6.45, 7) is 0. The van der Waals surface area contributed by atoms with E-state index in [1.54, 1.807) is 29.1 Å². The standard InChI is InChI=1S/C21H16FN5OS/c22-16-6-8-18(9-7-16)27-20(15-10-12-23-13-11-15)25-26-21(27)29-14-19(28)24-17-4-2-1-3-5-17/h1-13H,14H2,(H,24,28). The lowest BCUT2D eigenvalue weighted by molar-refractivity contribution is -0.113. The number of anilines is 1. The Balaban J connectivity index is 1.60. The molecule has 0 aliphatic rings. The molecule has 0 saturated heterocycles. The monoisotopic (exact) mass is 405 g/mol. The fraction of sp³-hybridized carbons (Fsp3) is 0.0476. The topological polar surface area (TPSA) is 72.7 Å². The van der Waals surface area contributed by atoms with Crippen LogP contribution in [0, 0.1) is 5.82 Å². The van der Waals surface area contributed by atoms with Crippen LogP contribution in [0.3, 0.4) is 0 Å². The van der Waals surface area contributed by atoms with Crippen LogP contribution in [0.25, 0.3) is 17.1 Å². The Labute approximate surface area is 170 Å². The molecule has 2 aromatic carbocycles. The van der Waals surface area contributed by atoms with Crippen molar-refractivity contribution in [2.75, 3.05) is 11.1 Å². The van der Waals surface area contributed by atoms with E-state index < -0.39 is 0 Å². The molecule has 2 heterocycles. The van der Waals surface area contributed by atoms with Gasteiger partial charge in [-0.15, -0.1) is 10.2 Å². The number of aromatic nitrogens is 4. The number of nitrogens with one attached hydrogen (secondary N) is 1. The Morgan fingerprint density at radius 1 is 0.966 bits per heavy atom. The van der Waals surface area contributed by atoms with Crippen molar-refractivity contribution in [1.82, 2.24) is 19.7 Å². The molecular weight excluding hydrogens is 389 g/mol. The number of rotatable bonds is 6. The Morgan fingerprint density at radius 3 is 2.41 bits per heavy atom. The number of hydrogen-bond donors (Lipinski definition) is 1. The van der Waals surface area contributed by atoms with Crippen LogP contribution in [0.1, 0.15) is 0 Å². The van der Waals surface area contributed by atoms with Gasteiger partial charge in [0.25, 0.3) is 0 Å². The van der Waals surface area contributed by atoms with E-state index in [2.05, 4.69) is 20.5 Å². The lowest BCUT2D eigenvalue weighted by Crippen LogP contribution is -2.14. The first kappa shape index (κ1) is 18.8. The van der Waals surface area contributed by atoms with Crippen molar-refractivity contribution in [3.05, 3.63) is 84.9 Å². The molecule has 1 amide bonds. The van der Waals surface area contributed by atoms with Crippen molar-refractivity contribution in [3.63, 3.8) is 0 Å². The van der Waals surface area contributed by atoms with Gasteiger partial charge in [-0.05, 0) is 48.5 Å². The van der Waals surface area contributed by atoms with E-state index in [4.69, 9.17) is 0 Å². The Bertz CT molecular complexity index is 1100. The average Bonchev–Trinajstić information content (AvgIpc) is 3.18. The molecule has 0 aliphatic carbocycles. The molecule has 6 nitrogen and oxygen atoms in total. The number of pyridine rings is 1. The van der Waals surface area contributed by atoms with E-state index >= 15 is 0 Å². The maximum absolute atomic E-state index is 13.4. The van der Waals surface area contributed by atoms with Gasteiger partial charge in [-0.3, -0.25) is 14.3 Å². The largest absolute Gasteiger partial charge is 0.325 e. The normalized spacial score (nSPS) is 10.7. The average molecular weight is 405 g/mol. The smallest absolute Gasteiger partial charge is 0.234 e. The lowest BCUT2D eigenvalue weighted by Gasteiger charge is -2.10. The van der Waals surface area contributed by atoms with Gasteiger partial charge in [0.1, 0.15) is 5.82 Å². The van der Waals surface area contributed by atoms with Gasteiger partial charge < -0.3 is 5.32 Å². The second kappa shape index (κ2) is 8.66. The Morgan fingerprint density at radius 2 is 1.69 bits per heavy atom. The molecule has 4 aromatic rings. The third-order valence-corrected chi connectivity index (χ3v) is 4.98. The van der Waals surface area contributed by atoms with Gasteiger partial charge in [0.05, 0.1) is 5.75 Å². The van der Waals surface area contributed by atoms with Gasteiger partial charge >= 0.3 is 0 Å². The predicted molar refractivity (Wildman–Crippen MR) is 110 cm³/mol. The minimum Gasteiger partial charge on any atom is -0.325 e. The number of amides is 1. The minimum atomic E-state index is -0.330. The first-order valence-electron chi connectivity index (χ1n) is 8.80. The van der Waals surface area contributed by atoms with Crippen molar-refractivity contribution < 1.29 is 9.18 Å². The van der Waals surface area contributed by atoms with Crippen molar-refractivity contribution in [3.8, 4) is 17.1 Å². The summed E-state index contributed by atoms with van der Waals surface area (Å²) in [7, 11) is 0.